The third-order valence-corrected chi connectivity index (χ3v) is 6.08. The van der Waals surface area contributed by atoms with Gasteiger partial charge in [-0.15, -0.1) is 0 Å². The van der Waals surface area contributed by atoms with Gasteiger partial charge < -0.3 is 10.2 Å². The predicted molar refractivity (Wildman–Crippen MR) is 120 cm³/mol. The molecule has 3 aromatic rings. The maximum atomic E-state index is 13.4. The van der Waals surface area contributed by atoms with Crippen molar-refractivity contribution in [3.8, 4) is 0 Å². The summed E-state index contributed by atoms with van der Waals surface area (Å²) in [5.74, 6) is -0.828. The van der Waals surface area contributed by atoms with Crippen LogP contribution in [0, 0.1) is 6.92 Å². The fourth-order valence-corrected chi connectivity index (χ4v) is 4.44. The smallest absolute Gasteiger partial charge is 0.345 e. The van der Waals surface area contributed by atoms with Gasteiger partial charge in [0.05, 0.1) is 22.1 Å². The number of benzene rings is 3. The number of hydrogen-bond donors (Lipinski definition) is 2. The number of fused-ring (bicyclic) bond motifs is 3. The van der Waals surface area contributed by atoms with Crippen molar-refractivity contribution < 1.29 is 14.4 Å². The molecule has 3 aromatic carbocycles. The second-order valence-electron chi connectivity index (χ2n) is 8.20. The maximum absolute atomic E-state index is 13.4. The van der Waals surface area contributed by atoms with Crippen molar-refractivity contribution in [3.05, 3.63) is 106 Å². The van der Waals surface area contributed by atoms with Gasteiger partial charge >= 0.3 is 5.97 Å². The molecule has 1 atom stereocenters. The van der Waals surface area contributed by atoms with Crippen LogP contribution in [0.25, 0.3) is 0 Å². The minimum absolute atomic E-state index is 0.0962. The molecule has 8 nitrogen and oxygen atoms in total. The first kappa shape index (κ1) is 19.4. The van der Waals surface area contributed by atoms with Crippen LogP contribution < -0.4 is 26.6 Å². The van der Waals surface area contributed by atoms with Crippen LogP contribution in [-0.4, -0.2) is 11.9 Å². The third-order valence-electron chi connectivity index (χ3n) is 6.08. The summed E-state index contributed by atoms with van der Waals surface area (Å²) in [6.07, 6.45) is 0.0962. The Morgan fingerprint density at radius 2 is 1.67 bits per heavy atom. The molecule has 1 saturated heterocycles. The van der Waals surface area contributed by atoms with Gasteiger partial charge in [-0.1, -0.05) is 53.6 Å². The molecular formula is C25H19N5O3. The summed E-state index contributed by atoms with van der Waals surface area (Å²) in [6.45, 7) is 1.99. The van der Waals surface area contributed by atoms with E-state index in [-0.39, 0.29) is 18.0 Å². The van der Waals surface area contributed by atoms with Crippen molar-refractivity contribution in [2.24, 2.45) is 9.98 Å². The monoisotopic (exact) mass is 437 g/mol. The number of aryl methyl sites for hydroxylation is 1. The number of amides is 1. The van der Waals surface area contributed by atoms with E-state index < -0.39 is 11.5 Å². The summed E-state index contributed by atoms with van der Waals surface area (Å²) in [7, 11) is 0. The van der Waals surface area contributed by atoms with Gasteiger partial charge in [0.15, 0.2) is 11.2 Å². The van der Waals surface area contributed by atoms with Crippen LogP contribution in [0.1, 0.15) is 17.5 Å². The molecule has 3 aliphatic rings. The van der Waals surface area contributed by atoms with E-state index in [1.807, 2.05) is 79.7 Å². The van der Waals surface area contributed by atoms with Crippen LogP contribution in [0.4, 0.5) is 11.4 Å². The standard InChI is InChI=1S/C25H19N5O3/c1-15-10-12-16(13-11-15)30-22(23(31)33-29-30)21-14-25(28-20-9-5-4-8-19(20)26-21)17-6-2-3-7-18(17)27-24(25)32/h2-13,29H,14H2,1H3,(H,27,32)/b22-21-. The minimum Gasteiger partial charge on any atom is -0.345 e. The summed E-state index contributed by atoms with van der Waals surface area (Å²) < 4.78 is 0. The molecular weight excluding hydrogens is 418 g/mol. The second kappa shape index (κ2) is 7.11. The van der Waals surface area contributed by atoms with Gasteiger partial charge in [-0.05, 0) is 37.3 Å². The molecule has 1 unspecified atom stereocenters. The molecule has 0 radical (unpaired) electrons. The van der Waals surface area contributed by atoms with Gasteiger partial charge in [0.2, 0.25) is 0 Å². The summed E-state index contributed by atoms with van der Waals surface area (Å²) in [6, 6.07) is 22.5. The van der Waals surface area contributed by atoms with Gasteiger partial charge in [0, 0.05) is 17.7 Å². The number of carbonyl (C=O) groups is 2. The first-order valence-corrected chi connectivity index (χ1v) is 10.6. The first-order chi connectivity index (χ1) is 16.0. The number of anilines is 2. The molecule has 8 heteroatoms. The van der Waals surface area contributed by atoms with E-state index in [0.717, 1.165) is 11.1 Å². The average molecular weight is 437 g/mol. The number of para-hydroxylation sites is 3. The lowest BCUT2D eigenvalue weighted by molar-refractivity contribution is -0.140. The van der Waals surface area contributed by atoms with E-state index in [9.17, 15) is 9.59 Å². The first-order valence-electron chi connectivity index (χ1n) is 10.6. The number of rotatable bonds is 1. The Morgan fingerprint density at radius 1 is 0.939 bits per heavy atom. The lowest BCUT2D eigenvalue weighted by atomic mass is 9.86. The number of nitrogens with zero attached hydrogens (tertiary/aromatic N) is 3. The van der Waals surface area contributed by atoms with Gasteiger partial charge in [0.1, 0.15) is 0 Å². The van der Waals surface area contributed by atoms with Gasteiger partial charge in [0.25, 0.3) is 5.91 Å². The highest BCUT2D eigenvalue weighted by Crippen LogP contribution is 2.44. The fraction of sp³-hybridized carbons (Fsp3) is 0.120. The third kappa shape index (κ3) is 2.95. The summed E-state index contributed by atoms with van der Waals surface area (Å²) in [4.78, 5) is 41.2. The Kier molecular flexibility index (Phi) is 4.18. The summed E-state index contributed by atoms with van der Waals surface area (Å²) in [5, 5.41) is 5.67. The van der Waals surface area contributed by atoms with Crippen molar-refractivity contribution in [1.29, 1.82) is 0 Å². The summed E-state index contributed by atoms with van der Waals surface area (Å²) in [5.41, 5.74) is 5.31. The highest BCUT2D eigenvalue weighted by molar-refractivity contribution is 6.06. The molecule has 0 aromatic heterocycles. The van der Waals surface area contributed by atoms with E-state index in [0.29, 0.717) is 27.8 Å². The Morgan fingerprint density at radius 3 is 2.48 bits per heavy atom. The number of hydrogen-bond acceptors (Lipinski definition) is 7. The van der Waals surface area contributed by atoms with E-state index in [1.165, 1.54) is 0 Å². The minimum atomic E-state index is -1.25. The van der Waals surface area contributed by atoms with Crippen molar-refractivity contribution in [2.75, 3.05) is 10.3 Å². The number of carbonyl (C=O) groups excluding carboxylic acids is 2. The number of hydrazine groups is 1. The van der Waals surface area contributed by atoms with Crippen molar-refractivity contribution in [1.82, 2.24) is 5.59 Å². The van der Waals surface area contributed by atoms with Crippen molar-refractivity contribution >= 4 is 23.3 Å². The lowest BCUT2D eigenvalue weighted by Gasteiger charge is -2.24. The SMILES string of the molecule is Cc1ccc(N2NOC(=O)/C2=C2\CC3(N=c4ccccc4=N2)C(=O)Nc2ccccc23)cc1. The highest BCUT2D eigenvalue weighted by atomic mass is 16.7. The molecule has 0 saturated carbocycles. The van der Waals surface area contributed by atoms with Crippen LogP contribution in [0.15, 0.2) is 94.2 Å². The van der Waals surface area contributed by atoms with Gasteiger partial charge in [-0.3, -0.25) is 9.79 Å². The Hall–Kier alpha value is -4.30. The molecule has 1 amide bonds. The normalized spacial score (nSPS) is 23.2. The molecule has 3 aliphatic heterocycles. The summed E-state index contributed by atoms with van der Waals surface area (Å²) >= 11 is 0. The van der Waals surface area contributed by atoms with Crippen molar-refractivity contribution in [3.63, 3.8) is 0 Å². The van der Waals surface area contributed by atoms with Crippen LogP contribution >= 0.6 is 0 Å². The van der Waals surface area contributed by atoms with Crippen LogP contribution in [0.5, 0.6) is 0 Å². The molecule has 1 fully saturated rings. The average Bonchev–Trinajstić information content (AvgIpc) is 3.25. The lowest BCUT2D eigenvalue weighted by Crippen LogP contribution is -2.36. The van der Waals surface area contributed by atoms with Gasteiger partial charge in [-0.2, -0.15) is 0 Å². The van der Waals surface area contributed by atoms with E-state index >= 15 is 0 Å². The van der Waals surface area contributed by atoms with Crippen LogP contribution in [-0.2, 0) is 20.0 Å². The number of nitrogens with one attached hydrogen (secondary N) is 2. The molecule has 33 heavy (non-hydrogen) atoms. The van der Waals surface area contributed by atoms with Crippen molar-refractivity contribution in [2.45, 2.75) is 18.9 Å². The Balaban J connectivity index is 1.63. The van der Waals surface area contributed by atoms with E-state index in [1.54, 1.807) is 5.01 Å². The van der Waals surface area contributed by atoms with Crippen LogP contribution in [0.2, 0.25) is 0 Å². The zero-order valence-electron chi connectivity index (χ0n) is 17.7. The molecule has 1 spiro atoms. The molecule has 162 valence electrons. The maximum Gasteiger partial charge on any atom is 0.378 e. The molecule has 0 bridgehead atoms. The zero-order valence-corrected chi connectivity index (χ0v) is 17.7. The largest absolute Gasteiger partial charge is 0.378 e. The molecule has 0 aliphatic carbocycles. The Labute approximate surface area is 188 Å². The zero-order chi connectivity index (χ0) is 22.6. The molecule has 2 N–H and O–H groups in total. The molecule has 6 rings (SSSR count). The highest BCUT2D eigenvalue weighted by Gasteiger charge is 2.49. The Bertz CT molecular complexity index is 1480. The van der Waals surface area contributed by atoms with Gasteiger partial charge in [-0.25, -0.2) is 14.8 Å². The van der Waals surface area contributed by atoms with Crippen LogP contribution in [0.3, 0.4) is 0 Å². The van der Waals surface area contributed by atoms with E-state index in [2.05, 4.69) is 10.9 Å². The topological polar surface area (TPSA) is 95.4 Å². The fourth-order valence-electron chi connectivity index (χ4n) is 4.44. The predicted octanol–water partition coefficient (Wildman–Crippen LogP) is 2.18. The van der Waals surface area contributed by atoms with E-state index in [4.69, 9.17) is 14.8 Å². The quantitative estimate of drug-likeness (QED) is 0.569. The molecule has 3 heterocycles. The second-order valence-corrected chi connectivity index (χ2v) is 8.20.